The summed E-state index contributed by atoms with van der Waals surface area (Å²) in [6.07, 6.45) is 3.33. The van der Waals surface area contributed by atoms with Gasteiger partial charge < -0.3 is 10.1 Å². The first kappa shape index (κ1) is 31.3. The van der Waals surface area contributed by atoms with Gasteiger partial charge in [-0.25, -0.2) is 13.8 Å². The Morgan fingerprint density at radius 3 is 2.26 bits per heavy atom. The Morgan fingerprint density at radius 1 is 0.907 bits per heavy atom. The molecule has 4 rings (SSSR count). The number of rotatable bonds is 13. The van der Waals surface area contributed by atoms with Gasteiger partial charge in [-0.3, -0.25) is 13.9 Å². The summed E-state index contributed by atoms with van der Waals surface area (Å²) < 4.78 is 31.7. The molecule has 0 atom stereocenters. The number of sulfonamides is 1. The third kappa shape index (κ3) is 9.69. The first-order chi connectivity index (χ1) is 20.7. The maximum atomic E-state index is 12.6. The molecule has 0 bridgehead atoms. The van der Waals surface area contributed by atoms with Gasteiger partial charge in [0.25, 0.3) is 11.8 Å². The number of nitrogens with one attached hydrogen (secondary N) is 2. The highest BCUT2D eigenvalue weighted by molar-refractivity contribution is 7.92. The molecule has 0 fully saturated rings. The minimum absolute atomic E-state index is 0.0557. The van der Waals surface area contributed by atoms with E-state index in [1.165, 1.54) is 22.7 Å². The maximum absolute atomic E-state index is 12.6. The van der Waals surface area contributed by atoms with Gasteiger partial charge in [-0.15, -0.1) is 0 Å². The van der Waals surface area contributed by atoms with E-state index >= 15 is 0 Å². The van der Waals surface area contributed by atoms with Crippen LogP contribution in [-0.2, 0) is 27.8 Å². The van der Waals surface area contributed by atoms with Crippen LogP contribution in [-0.4, -0.2) is 45.9 Å². The Morgan fingerprint density at radius 2 is 1.58 bits per heavy atom. The van der Waals surface area contributed by atoms with E-state index in [0.29, 0.717) is 39.7 Å². The molecule has 0 aliphatic rings. The smallest absolute Gasteiger partial charge is 0.271 e. The molecule has 0 aromatic heterocycles. The highest BCUT2D eigenvalue weighted by atomic mass is 35.5. The van der Waals surface area contributed by atoms with Gasteiger partial charge in [0.1, 0.15) is 5.75 Å². The molecule has 0 saturated carbocycles. The fourth-order valence-corrected chi connectivity index (χ4v) is 5.11. The van der Waals surface area contributed by atoms with Crippen molar-refractivity contribution in [2.75, 3.05) is 23.7 Å². The number of nitrogens with zero attached hydrogens (tertiary/aromatic N) is 2. The van der Waals surface area contributed by atoms with Gasteiger partial charge in [-0.2, -0.15) is 5.10 Å². The van der Waals surface area contributed by atoms with Crippen molar-refractivity contribution in [3.63, 3.8) is 0 Å². The number of carbonyl (C=O) groups excluding carboxylic acids is 2. The molecule has 0 heterocycles. The van der Waals surface area contributed by atoms with Crippen LogP contribution < -0.4 is 19.8 Å². The van der Waals surface area contributed by atoms with Crippen molar-refractivity contribution in [3.05, 3.63) is 130 Å². The van der Waals surface area contributed by atoms with Crippen LogP contribution in [0.4, 0.5) is 5.69 Å². The number of hydrazone groups is 1. The van der Waals surface area contributed by atoms with Crippen molar-refractivity contribution in [1.82, 2.24) is 10.7 Å². The number of hydrogen-bond acceptors (Lipinski definition) is 6. The van der Waals surface area contributed by atoms with Gasteiger partial charge in [-0.05, 0) is 77.7 Å². The quantitative estimate of drug-likeness (QED) is 0.165. The molecular formula is C32H31ClN4O5S. The van der Waals surface area contributed by atoms with Crippen LogP contribution in [0.25, 0.3) is 0 Å². The lowest BCUT2D eigenvalue weighted by Crippen LogP contribution is -2.30. The molecule has 43 heavy (non-hydrogen) atoms. The minimum atomic E-state index is -3.61. The number of anilines is 1. The van der Waals surface area contributed by atoms with Crippen LogP contribution in [0.2, 0.25) is 5.02 Å². The van der Waals surface area contributed by atoms with Gasteiger partial charge >= 0.3 is 0 Å². The van der Waals surface area contributed by atoms with E-state index in [9.17, 15) is 18.0 Å². The fourth-order valence-electron chi connectivity index (χ4n) is 4.03. The fraction of sp³-hybridized carbons (Fsp3) is 0.156. The molecule has 9 nitrogen and oxygen atoms in total. The van der Waals surface area contributed by atoms with Crippen molar-refractivity contribution in [2.24, 2.45) is 5.10 Å². The average molecular weight is 619 g/mol. The average Bonchev–Trinajstić information content (AvgIpc) is 3.00. The molecule has 2 amide bonds. The second kappa shape index (κ2) is 15.0. The van der Waals surface area contributed by atoms with Gasteiger partial charge in [0.2, 0.25) is 10.0 Å². The van der Waals surface area contributed by atoms with Crippen molar-refractivity contribution < 1.29 is 22.7 Å². The molecule has 0 saturated heterocycles. The SMILES string of the molecule is CS(=O)(=O)N(Cc1ccccc1Cl)c1ccc(C(=O)N/N=C\c2ccc(OCC(=O)NCCc3ccccc3)cc2)cc1. The number of amides is 2. The molecule has 0 unspecified atom stereocenters. The van der Waals surface area contributed by atoms with Crippen LogP contribution >= 0.6 is 11.6 Å². The zero-order valence-corrected chi connectivity index (χ0v) is 25.0. The Labute approximate surface area is 256 Å². The predicted octanol–water partition coefficient (Wildman–Crippen LogP) is 4.81. The molecule has 222 valence electrons. The molecule has 2 N–H and O–H groups in total. The molecule has 0 radical (unpaired) electrons. The van der Waals surface area contributed by atoms with E-state index in [4.69, 9.17) is 16.3 Å². The standard InChI is InChI=1S/C32H31ClN4O5S/c1-43(40,41)37(22-27-9-5-6-10-30(27)33)28-15-13-26(14-16-28)32(39)36-35-21-25-11-17-29(18-12-25)42-23-31(38)34-20-19-24-7-3-2-4-8-24/h2-18,21H,19-20,22-23H2,1H3,(H,34,38)(H,36,39)/b35-21-. The highest BCUT2D eigenvalue weighted by Crippen LogP contribution is 2.24. The molecule has 0 aliphatic heterocycles. The van der Waals surface area contributed by atoms with Crippen molar-refractivity contribution in [2.45, 2.75) is 13.0 Å². The van der Waals surface area contributed by atoms with E-state index < -0.39 is 15.9 Å². The van der Waals surface area contributed by atoms with Gasteiger partial charge in [-0.1, -0.05) is 60.1 Å². The summed E-state index contributed by atoms with van der Waals surface area (Å²) in [4.78, 5) is 24.6. The second-order valence-electron chi connectivity index (χ2n) is 9.55. The third-order valence-electron chi connectivity index (χ3n) is 6.30. The monoisotopic (exact) mass is 618 g/mol. The van der Waals surface area contributed by atoms with Crippen LogP contribution in [0.1, 0.15) is 27.0 Å². The molecule has 4 aromatic carbocycles. The number of benzene rings is 4. The first-order valence-corrected chi connectivity index (χ1v) is 15.6. The summed E-state index contributed by atoms with van der Waals surface area (Å²) in [6.45, 7) is 0.485. The van der Waals surface area contributed by atoms with Crippen molar-refractivity contribution in [3.8, 4) is 5.75 Å². The van der Waals surface area contributed by atoms with E-state index in [0.717, 1.165) is 18.2 Å². The number of hydrogen-bond donors (Lipinski definition) is 2. The zero-order chi connectivity index (χ0) is 30.7. The van der Waals surface area contributed by atoms with Crippen LogP contribution in [0, 0.1) is 0 Å². The third-order valence-corrected chi connectivity index (χ3v) is 7.81. The summed E-state index contributed by atoms with van der Waals surface area (Å²) in [5.41, 5.74) is 5.67. The second-order valence-corrected chi connectivity index (χ2v) is 11.9. The summed E-state index contributed by atoms with van der Waals surface area (Å²) in [5, 5.41) is 7.29. The largest absolute Gasteiger partial charge is 0.484 e. The van der Waals surface area contributed by atoms with Gasteiger partial charge in [0, 0.05) is 17.1 Å². The van der Waals surface area contributed by atoms with Crippen LogP contribution in [0.15, 0.2) is 108 Å². The Kier molecular flexibility index (Phi) is 10.9. The normalized spacial score (nSPS) is 11.2. The van der Waals surface area contributed by atoms with E-state index in [1.807, 2.05) is 30.3 Å². The lowest BCUT2D eigenvalue weighted by molar-refractivity contribution is -0.123. The number of halogens is 1. The minimum Gasteiger partial charge on any atom is -0.484 e. The lowest BCUT2D eigenvalue weighted by atomic mass is 10.1. The van der Waals surface area contributed by atoms with Crippen molar-refractivity contribution in [1.29, 1.82) is 0 Å². The van der Waals surface area contributed by atoms with E-state index in [2.05, 4.69) is 15.8 Å². The highest BCUT2D eigenvalue weighted by Gasteiger charge is 2.19. The number of ether oxygens (including phenoxy) is 1. The van der Waals surface area contributed by atoms with Crippen LogP contribution in [0.5, 0.6) is 5.75 Å². The molecule has 0 spiro atoms. The number of carbonyl (C=O) groups is 2. The maximum Gasteiger partial charge on any atom is 0.271 e. The molecular weight excluding hydrogens is 588 g/mol. The molecule has 11 heteroatoms. The van der Waals surface area contributed by atoms with Crippen molar-refractivity contribution >= 4 is 45.3 Å². The molecule has 0 aliphatic carbocycles. The first-order valence-electron chi connectivity index (χ1n) is 13.4. The Hall–Kier alpha value is -4.67. The molecule has 4 aromatic rings. The topological polar surface area (TPSA) is 117 Å². The predicted molar refractivity (Wildman–Crippen MR) is 169 cm³/mol. The summed E-state index contributed by atoms with van der Waals surface area (Å²) in [6, 6.07) is 30.0. The van der Waals surface area contributed by atoms with Gasteiger partial charge in [0.15, 0.2) is 6.61 Å². The Balaban J connectivity index is 1.25. The summed E-state index contributed by atoms with van der Waals surface area (Å²) in [5.74, 6) is -0.142. The summed E-state index contributed by atoms with van der Waals surface area (Å²) >= 11 is 6.22. The van der Waals surface area contributed by atoms with Crippen LogP contribution in [0.3, 0.4) is 0 Å². The lowest BCUT2D eigenvalue weighted by Gasteiger charge is -2.23. The Bertz CT molecular complexity index is 1660. The van der Waals surface area contributed by atoms with E-state index in [1.54, 1.807) is 60.7 Å². The zero-order valence-electron chi connectivity index (χ0n) is 23.4. The summed E-state index contributed by atoms with van der Waals surface area (Å²) in [7, 11) is -3.61. The van der Waals surface area contributed by atoms with Gasteiger partial charge in [0.05, 0.1) is 24.7 Å². The van der Waals surface area contributed by atoms with E-state index in [-0.39, 0.29) is 19.1 Å².